The summed E-state index contributed by atoms with van der Waals surface area (Å²) >= 11 is 0. The lowest BCUT2D eigenvalue weighted by Gasteiger charge is -2.25. The van der Waals surface area contributed by atoms with Gasteiger partial charge in [0.05, 0.1) is 12.7 Å². The van der Waals surface area contributed by atoms with E-state index in [0.29, 0.717) is 0 Å². The maximum Gasteiger partial charge on any atom is 0.459 e. The van der Waals surface area contributed by atoms with Crippen LogP contribution in [0.3, 0.4) is 0 Å². The van der Waals surface area contributed by atoms with E-state index in [1.165, 1.54) is 6.92 Å². The first kappa shape index (κ1) is 29.2. The molecule has 2 heterocycles. The molecule has 6 atom stereocenters. The average molecular weight is 570 g/mol. The Labute approximate surface area is 224 Å². The summed E-state index contributed by atoms with van der Waals surface area (Å²) in [5, 5.41) is 13.2. The molecule has 0 amide bonds. The number of ether oxygens (including phenoxy) is 2. The van der Waals surface area contributed by atoms with Gasteiger partial charge in [-0.2, -0.15) is 5.09 Å². The molecule has 1 unspecified atom stereocenters. The normalized spacial score (nSPS) is 26.7. The number of aryl methyl sites for hydroxylation is 2. The largest absolute Gasteiger partial charge is 0.462 e. The smallest absolute Gasteiger partial charge is 0.459 e. The highest BCUT2D eigenvalue weighted by Gasteiger charge is 2.56. The van der Waals surface area contributed by atoms with Gasteiger partial charge in [-0.05, 0) is 70.2 Å². The van der Waals surface area contributed by atoms with E-state index in [2.05, 4.69) is 5.09 Å². The minimum Gasteiger partial charge on any atom is -0.462 e. The SMILES string of the molecule is CC(C)OC(=O)[C@H](C)NP(=O)(OC[C@H]1O[C@@H](n2ccc(=O)[nH]c2=O)[C@](C)(F)[C@@H]1O)Oc1ccc2c(c1)CCC2. The lowest BCUT2D eigenvalue weighted by molar-refractivity contribution is -0.149. The topological polar surface area (TPSA) is 158 Å². The van der Waals surface area contributed by atoms with Crippen molar-refractivity contribution in [1.29, 1.82) is 0 Å². The molecular formula is C25H33FN3O9P. The van der Waals surface area contributed by atoms with Gasteiger partial charge in [0.15, 0.2) is 11.9 Å². The Balaban J connectivity index is 1.54. The van der Waals surface area contributed by atoms with Crippen molar-refractivity contribution in [3.8, 4) is 5.75 Å². The average Bonchev–Trinajstić information content (AvgIpc) is 3.39. The number of esters is 1. The number of carbonyl (C=O) groups is 1. The van der Waals surface area contributed by atoms with E-state index < -0.39 is 67.8 Å². The number of halogens is 1. The van der Waals surface area contributed by atoms with Crippen LogP contribution < -0.4 is 20.9 Å². The summed E-state index contributed by atoms with van der Waals surface area (Å²) in [5.74, 6) is -0.464. The number of nitrogens with one attached hydrogen (secondary N) is 2. The van der Waals surface area contributed by atoms with Crippen LogP contribution in [0.15, 0.2) is 40.1 Å². The van der Waals surface area contributed by atoms with Crippen molar-refractivity contribution in [2.45, 2.75) is 83.2 Å². The second kappa shape index (κ2) is 11.3. The van der Waals surface area contributed by atoms with E-state index in [0.717, 1.165) is 54.1 Å². The Morgan fingerprint density at radius 2 is 2.00 bits per heavy atom. The first-order valence-electron chi connectivity index (χ1n) is 12.7. The number of benzene rings is 1. The number of rotatable bonds is 10. The van der Waals surface area contributed by atoms with Gasteiger partial charge in [0, 0.05) is 12.3 Å². The highest BCUT2D eigenvalue weighted by atomic mass is 31.2. The molecule has 1 aliphatic heterocycles. The van der Waals surface area contributed by atoms with E-state index in [4.69, 9.17) is 18.5 Å². The molecule has 12 nitrogen and oxygen atoms in total. The number of alkyl halides is 1. The van der Waals surface area contributed by atoms with Crippen molar-refractivity contribution in [2.75, 3.05) is 6.61 Å². The molecule has 2 aromatic rings. The summed E-state index contributed by atoms with van der Waals surface area (Å²) in [6, 6.07) is 5.15. The van der Waals surface area contributed by atoms with Gasteiger partial charge < -0.3 is 19.1 Å². The van der Waals surface area contributed by atoms with E-state index in [-0.39, 0.29) is 5.75 Å². The standard InChI is InChI=1S/C25H33FN3O9P/c1-14(2)36-22(32)15(3)28-39(34,38-18-9-8-16-6-5-7-17(16)12-18)35-13-19-21(31)25(4,26)23(37-19)29-11-10-20(30)27-24(29)33/h8-12,14-15,19,21,23,31H,5-7,13H2,1-4H3,(H,28,34)(H,27,30,33)/t15-,19+,21+,23+,25+,39?/m0/s1. The first-order valence-corrected chi connectivity index (χ1v) is 14.2. The van der Waals surface area contributed by atoms with E-state index in [9.17, 15) is 24.1 Å². The molecule has 214 valence electrons. The first-order chi connectivity index (χ1) is 18.3. The summed E-state index contributed by atoms with van der Waals surface area (Å²) in [6.45, 7) is 5.15. The Morgan fingerprint density at radius 1 is 1.28 bits per heavy atom. The van der Waals surface area contributed by atoms with Crippen LogP contribution in [-0.4, -0.2) is 57.3 Å². The van der Waals surface area contributed by atoms with Gasteiger partial charge in [-0.25, -0.2) is 13.8 Å². The molecule has 2 aliphatic rings. The van der Waals surface area contributed by atoms with Crippen LogP contribution in [0.1, 0.15) is 51.5 Å². The number of carbonyl (C=O) groups excluding carboxylic acids is 1. The van der Waals surface area contributed by atoms with Crippen molar-refractivity contribution < 1.29 is 37.4 Å². The van der Waals surface area contributed by atoms with E-state index in [1.807, 2.05) is 11.1 Å². The fourth-order valence-corrected chi connectivity index (χ4v) is 6.09. The number of aromatic nitrogens is 2. The Hall–Kier alpha value is -2.83. The maximum absolute atomic E-state index is 15.6. The molecule has 0 saturated carbocycles. The van der Waals surface area contributed by atoms with Gasteiger partial charge in [0.2, 0.25) is 0 Å². The Bertz CT molecular complexity index is 1380. The summed E-state index contributed by atoms with van der Waals surface area (Å²) in [4.78, 5) is 38.0. The lowest BCUT2D eigenvalue weighted by Crippen LogP contribution is -2.43. The summed E-state index contributed by atoms with van der Waals surface area (Å²) in [6.07, 6.45) is -1.43. The fourth-order valence-electron chi connectivity index (χ4n) is 4.59. The van der Waals surface area contributed by atoms with Crippen molar-refractivity contribution in [1.82, 2.24) is 14.6 Å². The van der Waals surface area contributed by atoms with E-state index >= 15 is 4.39 Å². The zero-order valence-corrected chi connectivity index (χ0v) is 23.0. The van der Waals surface area contributed by atoms with Crippen molar-refractivity contribution >= 4 is 13.7 Å². The van der Waals surface area contributed by atoms with Crippen LogP contribution >= 0.6 is 7.75 Å². The molecule has 3 N–H and O–H groups in total. The van der Waals surface area contributed by atoms with Gasteiger partial charge in [-0.1, -0.05) is 6.07 Å². The van der Waals surface area contributed by atoms with Crippen molar-refractivity contribution in [2.24, 2.45) is 0 Å². The van der Waals surface area contributed by atoms with Gasteiger partial charge in [0.25, 0.3) is 5.56 Å². The zero-order chi connectivity index (χ0) is 28.5. The maximum atomic E-state index is 15.6. The predicted octanol–water partition coefficient (Wildman–Crippen LogP) is 2.15. The van der Waals surface area contributed by atoms with Crippen molar-refractivity contribution in [3.63, 3.8) is 0 Å². The number of H-pyrrole nitrogens is 1. The van der Waals surface area contributed by atoms with Crippen LogP contribution in [0.5, 0.6) is 5.75 Å². The van der Waals surface area contributed by atoms with Crippen LogP contribution in [-0.2, 0) is 36.2 Å². The van der Waals surface area contributed by atoms with E-state index in [1.54, 1.807) is 26.0 Å². The van der Waals surface area contributed by atoms with Gasteiger partial charge >= 0.3 is 19.4 Å². The van der Waals surface area contributed by atoms with Crippen LogP contribution in [0.2, 0.25) is 0 Å². The minimum atomic E-state index is -4.33. The lowest BCUT2D eigenvalue weighted by atomic mass is 9.98. The molecule has 39 heavy (non-hydrogen) atoms. The number of aromatic amines is 1. The van der Waals surface area contributed by atoms with Gasteiger partial charge in [-0.3, -0.25) is 23.7 Å². The van der Waals surface area contributed by atoms with Crippen LogP contribution in [0.4, 0.5) is 4.39 Å². The van der Waals surface area contributed by atoms with Crippen LogP contribution in [0.25, 0.3) is 0 Å². The molecule has 0 radical (unpaired) electrons. The molecule has 1 aromatic heterocycles. The summed E-state index contributed by atoms with van der Waals surface area (Å²) in [5.41, 5.74) is -1.90. The third-order valence-corrected chi connectivity index (χ3v) is 8.23. The van der Waals surface area contributed by atoms with Crippen molar-refractivity contribution in [3.05, 3.63) is 62.4 Å². The second-order valence-electron chi connectivity index (χ2n) is 10.1. The molecule has 14 heteroatoms. The molecule has 0 bridgehead atoms. The minimum absolute atomic E-state index is 0.233. The highest BCUT2D eigenvalue weighted by Crippen LogP contribution is 2.48. The Kier molecular flexibility index (Phi) is 8.48. The monoisotopic (exact) mass is 569 g/mol. The molecular weight excluding hydrogens is 536 g/mol. The van der Waals surface area contributed by atoms with Crippen LogP contribution in [0, 0.1) is 0 Å². The predicted molar refractivity (Wildman–Crippen MR) is 137 cm³/mol. The number of nitrogens with zero attached hydrogens (tertiary/aromatic N) is 1. The molecule has 1 fully saturated rings. The second-order valence-corrected chi connectivity index (χ2v) is 11.8. The quantitative estimate of drug-likeness (QED) is 0.286. The summed E-state index contributed by atoms with van der Waals surface area (Å²) < 4.78 is 52.3. The van der Waals surface area contributed by atoms with Gasteiger partial charge in [-0.15, -0.1) is 0 Å². The zero-order valence-electron chi connectivity index (χ0n) is 22.1. The summed E-state index contributed by atoms with van der Waals surface area (Å²) in [7, 11) is -4.33. The molecule has 1 aliphatic carbocycles. The number of aliphatic hydroxyl groups is 1. The molecule has 4 rings (SSSR count). The number of hydrogen-bond acceptors (Lipinski definition) is 9. The third-order valence-electron chi connectivity index (χ3n) is 6.58. The third kappa shape index (κ3) is 6.50. The number of aliphatic hydroxyl groups excluding tert-OH is 1. The molecule has 1 aromatic carbocycles. The number of hydrogen-bond donors (Lipinski definition) is 3. The highest BCUT2D eigenvalue weighted by molar-refractivity contribution is 7.52. The fraction of sp³-hybridized carbons (Fsp3) is 0.560. The molecule has 0 spiro atoms. The number of fused-ring (bicyclic) bond motifs is 1. The molecule has 1 saturated heterocycles. The Morgan fingerprint density at radius 3 is 2.69 bits per heavy atom. The van der Waals surface area contributed by atoms with Gasteiger partial charge in [0.1, 0.15) is 24.0 Å².